The Balaban J connectivity index is 1.85. The SMILES string of the molecule is COc1cc2c(cc1OC)[C@H]1C[C@@H](OC(=O)[C@H](N)CC(C)C)[C@H](CC(C)C)CN1CC2. The predicted molar refractivity (Wildman–Crippen MR) is 122 cm³/mol. The Hall–Kier alpha value is -1.79. The van der Waals surface area contributed by atoms with Crippen LogP contribution in [0.25, 0.3) is 0 Å². The summed E-state index contributed by atoms with van der Waals surface area (Å²) in [5.41, 5.74) is 8.70. The summed E-state index contributed by atoms with van der Waals surface area (Å²) in [5, 5.41) is 0. The van der Waals surface area contributed by atoms with Crippen molar-refractivity contribution in [3.63, 3.8) is 0 Å². The molecule has 174 valence electrons. The van der Waals surface area contributed by atoms with E-state index in [1.165, 1.54) is 11.1 Å². The number of nitrogens with zero attached hydrogens (tertiary/aromatic N) is 1. The zero-order valence-electron chi connectivity index (χ0n) is 20.0. The molecule has 4 atom stereocenters. The van der Waals surface area contributed by atoms with Crippen LogP contribution < -0.4 is 15.2 Å². The average Bonchev–Trinajstić information content (AvgIpc) is 2.72. The normalized spacial score (nSPS) is 24.5. The molecule has 0 bridgehead atoms. The Morgan fingerprint density at radius 2 is 1.81 bits per heavy atom. The van der Waals surface area contributed by atoms with Crippen molar-refractivity contribution < 1.29 is 19.0 Å². The number of rotatable bonds is 8. The second-order valence-corrected chi connectivity index (χ2v) is 10.0. The number of carbonyl (C=O) groups is 1. The van der Waals surface area contributed by atoms with E-state index in [9.17, 15) is 4.79 Å². The van der Waals surface area contributed by atoms with Crippen LogP contribution >= 0.6 is 0 Å². The molecule has 1 aromatic rings. The molecule has 6 heteroatoms. The summed E-state index contributed by atoms with van der Waals surface area (Å²) in [6.07, 6.45) is 3.35. The van der Waals surface area contributed by atoms with Crippen LogP contribution in [-0.2, 0) is 16.0 Å². The first-order chi connectivity index (χ1) is 14.7. The van der Waals surface area contributed by atoms with Crippen molar-refractivity contribution >= 4 is 5.97 Å². The van der Waals surface area contributed by atoms with Crippen LogP contribution in [0.1, 0.15) is 64.1 Å². The molecule has 1 saturated heterocycles. The highest BCUT2D eigenvalue weighted by Crippen LogP contribution is 2.44. The highest BCUT2D eigenvalue weighted by atomic mass is 16.5. The molecule has 0 radical (unpaired) electrons. The fourth-order valence-corrected chi connectivity index (χ4v) is 5.22. The third-order valence-electron chi connectivity index (χ3n) is 6.63. The van der Waals surface area contributed by atoms with Gasteiger partial charge in [-0.3, -0.25) is 9.69 Å². The quantitative estimate of drug-likeness (QED) is 0.627. The molecule has 2 heterocycles. The van der Waals surface area contributed by atoms with Gasteiger partial charge in [0.25, 0.3) is 0 Å². The van der Waals surface area contributed by atoms with Crippen LogP contribution in [-0.4, -0.2) is 50.3 Å². The molecule has 2 N–H and O–H groups in total. The van der Waals surface area contributed by atoms with Gasteiger partial charge >= 0.3 is 5.97 Å². The summed E-state index contributed by atoms with van der Waals surface area (Å²) in [6.45, 7) is 10.6. The molecule has 2 aliphatic heterocycles. The van der Waals surface area contributed by atoms with Gasteiger partial charge in [-0.1, -0.05) is 27.7 Å². The third kappa shape index (κ3) is 5.53. The molecule has 0 amide bonds. The molecular formula is C25H40N2O4. The molecule has 2 aliphatic rings. The summed E-state index contributed by atoms with van der Waals surface area (Å²) in [6, 6.07) is 3.87. The van der Waals surface area contributed by atoms with Gasteiger partial charge in [-0.05, 0) is 54.4 Å². The van der Waals surface area contributed by atoms with Crippen molar-refractivity contribution in [2.45, 2.75) is 71.6 Å². The van der Waals surface area contributed by atoms with Crippen LogP contribution in [0.2, 0.25) is 0 Å². The van der Waals surface area contributed by atoms with Crippen molar-refractivity contribution in [3.8, 4) is 11.5 Å². The first-order valence-corrected chi connectivity index (χ1v) is 11.7. The monoisotopic (exact) mass is 432 g/mol. The third-order valence-corrected chi connectivity index (χ3v) is 6.63. The van der Waals surface area contributed by atoms with E-state index in [0.29, 0.717) is 24.2 Å². The van der Waals surface area contributed by atoms with Gasteiger partial charge in [0, 0.05) is 31.5 Å². The molecule has 0 aliphatic carbocycles. The van der Waals surface area contributed by atoms with Gasteiger partial charge in [0.05, 0.1) is 14.2 Å². The number of benzene rings is 1. The van der Waals surface area contributed by atoms with Crippen molar-refractivity contribution in [1.29, 1.82) is 0 Å². The molecule has 6 nitrogen and oxygen atoms in total. The summed E-state index contributed by atoms with van der Waals surface area (Å²) >= 11 is 0. The Morgan fingerprint density at radius 1 is 1.13 bits per heavy atom. The van der Waals surface area contributed by atoms with E-state index in [-0.39, 0.29) is 18.1 Å². The van der Waals surface area contributed by atoms with E-state index >= 15 is 0 Å². The lowest BCUT2D eigenvalue weighted by molar-refractivity contribution is -0.159. The zero-order chi connectivity index (χ0) is 22.7. The molecule has 1 fully saturated rings. The number of fused-ring (bicyclic) bond motifs is 3. The number of ether oxygens (including phenoxy) is 3. The van der Waals surface area contributed by atoms with Gasteiger partial charge < -0.3 is 19.9 Å². The number of hydrogen-bond acceptors (Lipinski definition) is 6. The summed E-state index contributed by atoms with van der Waals surface area (Å²) in [5.74, 6) is 2.50. The Bertz CT molecular complexity index is 764. The van der Waals surface area contributed by atoms with E-state index in [1.54, 1.807) is 14.2 Å². The fraction of sp³-hybridized carbons (Fsp3) is 0.720. The van der Waals surface area contributed by atoms with E-state index in [4.69, 9.17) is 19.9 Å². The largest absolute Gasteiger partial charge is 0.493 e. The van der Waals surface area contributed by atoms with Crippen molar-refractivity contribution in [2.75, 3.05) is 27.3 Å². The van der Waals surface area contributed by atoms with Crippen LogP contribution in [0, 0.1) is 17.8 Å². The number of carbonyl (C=O) groups excluding carboxylic acids is 1. The highest BCUT2D eigenvalue weighted by Gasteiger charge is 2.41. The molecule has 31 heavy (non-hydrogen) atoms. The molecule has 1 aromatic carbocycles. The maximum absolute atomic E-state index is 12.8. The van der Waals surface area contributed by atoms with Gasteiger partial charge in [0.1, 0.15) is 12.1 Å². The van der Waals surface area contributed by atoms with Gasteiger partial charge in [0.2, 0.25) is 0 Å². The Kier molecular flexibility index (Phi) is 7.87. The molecule has 0 unspecified atom stereocenters. The fourth-order valence-electron chi connectivity index (χ4n) is 5.22. The molecule has 0 aromatic heterocycles. The van der Waals surface area contributed by atoms with Crippen LogP contribution in [0.5, 0.6) is 11.5 Å². The lowest BCUT2D eigenvalue weighted by atomic mass is 9.79. The van der Waals surface area contributed by atoms with Crippen molar-refractivity contribution in [1.82, 2.24) is 4.90 Å². The first-order valence-electron chi connectivity index (χ1n) is 11.7. The van der Waals surface area contributed by atoms with Crippen LogP contribution in [0.4, 0.5) is 0 Å². The molecular weight excluding hydrogens is 392 g/mol. The topological polar surface area (TPSA) is 74.0 Å². The maximum Gasteiger partial charge on any atom is 0.323 e. The Labute approximate surface area is 187 Å². The maximum atomic E-state index is 12.8. The summed E-state index contributed by atoms with van der Waals surface area (Å²) in [4.78, 5) is 15.3. The van der Waals surface area contributed by atoms with Gasteiger partial charge in [-0.15, -0.1) is 0 Å². The van der Waals surface area contributed by atoms with E-state index in [0.717, 1.165) is 43.9 Å². The lowest BCUT2D eigenvalue weighted by Crippen LogP contribution is -2.50. The van der Waals surface area contributed by atoms with Crippen molar-refractivity contribution in [3.05, 3.63) is 23.3 Å². The number of esters is 1. The van der Waals surface area contributed by atoms with Crippen molar-refractivity contribution in [2.24, 2.45) is 23.5 Å². The van der Waals surface area contributed by atoms with Gasteiger partial charge in [-0.25, -0.2) is 0 Å². The minimum Gasteiger partial charge on any atom is -0.493 e. The molecule has 0 saturated carbocycles. The summed E-state index contributed by atoms with van der Waals surface area (Å²) < 4.78 is 17.2. The number of methoxy groups -OCH3 is 2. The zero-order valence-corrected chi connectivity index (χ0v) is 20.0. The second kappa shape index (κ2) is 10.2. The van der Waals surface area contributed by atoms with E-state index < -0.39 is 6.04 Å². The Morgan fingerprint density at radius 3 is 2.42 bits per heavy atom. The second-order valence-electron chi connectivity index (χ2n) is 10.0. The lowest BCUT2D eigenvalue weighted by Gasteiger charge is -2.47. The van der Waals surface area contributed by atoms with Gasteiger partial charge in [-0.2, -0.15) is 0 Å². The van der Waals surface area contributed by atoms with E-state index in [1.807, 2.05) is 0 Å². The number of nitrogens with two attached hydrogens (primary N) is 1. The van der Waals surface area contributed by atoms with Crippen LogP contribution in [0.15, 0.2) is 12.1 Å². The minimum absolute atomic E-state index is 0.117. The smallest absolute Gasteiger partial charge is 0.323 e. The number of hydrogen-bond donors (Lipinski definition) is 1. The van der Waals surface area contributed by atoms with Crippen LogP contribution in [0.3, 0.4) is 0 Å². The van der Waals surface area contributed by atoms with E-state index in [2.05, 4.69) is 44.7 Å². The number of piperidine rings is 1. The summed E-state index contributed by atoms with van der Waals surface area (Å²) in [7, 11) is 3.34. The molecule has 0 spiro atoms. The minimum atomic E-state index is -0.555. The average molecular weight is 433 g/mol. The highest BCUT2D eigenvalue weighted by molar-refractivity contribution is 5.75. The predicted octanol–water partition coefficient (Wildman–Crippen LogP) is 3.95. The molecule has 3 rings (SSSR count). The standard InChI is InChI=1S/C25H40N2O4/c1-15(2)9-18-14-27-8-7-17-11-23(29-5)24(30-6)12-19(17)21(27)13-22(18)31-25(28)20(26)10-16(3)4/h11-12,15-16,18,20-22H,7-10,13-14,26H2,1-6H3/t18-,20-,21-,22-/m1/s1. The van der Waals surface area contributed by atoms with Gasteiger partial charge in [0.15, 0.2) is 11.5 Å². The first kappa shape index (κ1) is 23.9.